The highest BCUT2D eigenvalue weighted by atomic mass is 16.4. The van der Waals surface area contributed by atoms with Gasteiger partial charge in [0.1, 0.15) is 0 Å². The summed E-state index contributed by atoms with van der Waals surface area (Å²) in [6, 6.07) is 0. The van der Waals surface area contributed by atoms with Crippen LogP contribution in [0.1, 0.15) is 40.0 Å². The Bertz CT molecular complexity index is 300. The molecule has 0 heterocycles. The van der Waals surface area contributed by atoms with E-state index in [2.05, 4.69) is 26.1 Å². The average Bonchev–Trinajstić information content (AvgIpc) is 2.29. The van der Waals surface area contributed by atoms with Gasteiger partial charge in [0.2, 0.25) is 5.91 Å². The number of carbonyl (C=O) groups excluding carboxylic acids is 1. The van der Waals surface area contributed by atoms with E-state index in [1.807, 2.05) is 0 Å². The number of aliphatic hydroxyl groups is 1. The van der Waals surface area contributed by atoms with Crippen LogP contribution in [0.4, 0.5) is 0 Å². The lowest BCUT2D eigenvalue weighted by molar-refractivity contribution is -0.146. The molecular formula is C13H26N2O4. The fourth-order valence-electron chi connectivity index (χ4n) is 1.90. The van der Waals surface area contributed by atoms with Crippen LogP contribution < -0.4 is 11.1 Å². The summed E-state index contributed by atoms with van der Waals surface area (Å²) in [5.41, 5.74) is 5.65. The summed E-state index contributed by atoms with van der Waals surface area (Å²) < 4.78 is 0. The number of carbonyl (C=O) groups is 2. The van der Waals surface area contributed by atoms with Crippen molar-refractivity contribution in [2.45, 2.75) is 46.1 Å². The predicted octanol–water partition coefficient (Wildman–Crippen LogP) is 0.339. The quantitative estimate of drug-likeness (QED) is 0.510. The molecule has 0 bridgehead atoms. The molecule has 0 saturated carbocycles. The van der Waals surface area contributed by atoms with Gasteiger partial charge in [0.05, 0.1) is 6.54 Å². The first-order valence-corrected chi connectivity index (χ1v) is 6.56. The Labute approximate surface area is 114 Å². The van der Waals surface area contributed by atoms with Crippen LogP contribution in [-0.4, -0.2) is 41.3 Å². The molecule has 0 aromatic rings. The summed E-state index contributed by atoms with van der Waals surface area (Å²) in [5.74, 6) is -1.24. The highest BCUT2D eigenvalue weighted by Gasteiger charge is 2.24. The normalized spacial score (nSPS) is 14.8. The fourth-order valence-corrected chi connectivity index (χ4v) is 1.90. The maximum Gasteiger partial charge on any atom is 0.334 e. The third-order valence-corrected chi connectivity index (χ3v) is 3.24. The topological polar surface area (TPSA) is 113 Å². The molecule has 112 valence electrons. The average molecular weight is 274 g/mol. The second-order valence-corrected chi connectivity index (χ2v) is 5.84. The Morgan fingerprint density at radius 2 is 1.84 bits per heavy atom. The lowest BCUT2D eigenvalue weighted by Gasteiger charge is -2.30. The number of rotatable bonds is 8. The molecule has 0 spiro atoms. The van der Waals surface area contributed by atoms with Gasteiger partial charge in [-0.05, 0) is 30.7 Å². The van der Waals surface area contributed by atoms with E-state index in [0.29, 0.717) is 25.3 Å². The van der Waals surface area contributed by atoms with Crippen LogP contribution in [-0.2, 0) is 9.59 Å². The van der Waals surface area contributed by atoms with Crippen LogP contribution in [0.15, 0.2) is 0 Å². The molecule has 0 fully saturated rings. The van der Waals surface area contributed by atoms with Gasteiger partial charge in [-0.3, -0.25) is 4.79 Å². The maximum absolute atomic E-state index is 11.6. The monoisotopic (exact) mass is 274 g/mol. The zero-order valence-corrected chi connectivity index (χ0v) is 12.0. The highest BCUT2D eigenvalue weighted by Crippen LogP contribution is 2.31. The molecule has 6 nitrogen and oxygen atoms in total. The number of carboxylic acid groups (broad SMARTS) is 1. The van der Waals surface area contributed by atoms with E-state index in [9.17, 15) is 9.59 Å². The lowest BCUT2D eigenvalue weighted by atomic mass is 9.76. The van der Waals surface area contributed by atoms with E-state index < -0.39 is 12.1 Å². The third-order valence-electron chi connectivity index (χ3n) is 3.24. The van der Waals surface area contributed by atoms with Crippen molar-refractivity contribution in [3.63, 3.8) is 0 Å². The first-order chi connectivity index (χ1) is 8.68. The highest BCUT2D eigenvalue weighted by molar-refractivity contribution is 5.77. The minimum absolute atomic E-state index is 0.0836. The van der Waals surface area contributed by atoms with Crippen molar-refractivity contribution >= 4 is 11.9 Å². The number of carboxylic acids is 1. The zero-order chi connectivity index (χ0) is 15.1. The SMILES string of the molecule is CC(C)(C)C(CCN)CCC(=O)NC[C@H](O)C(=O)O. The number of aliphatic hydroxyl groups excluding tert-OH is 1. The van der Waals surface area contributed by atoms with Crippen LogP contribution >= 0.6 is 0 Å². The van der Waals surface area contributed by atoms with Gasteiger partial charge in [0.15, 0.2) is 6.10 Å². The van der Waals surface area contributed by atoms with Crippen molar-refractivity contribution < 1.29 is 19.8 Å². The number of aliphatic carboxylic acids is 1. The minimum Gasteiger partial charge on any atom is -0.479 e. The molecule has 5 N–H and O–H groups in total. The summed E-state index contributed by atoms with van der Waals surface area (Å²) in [7, 11) is 0. The van der Waals surface area contributed by atoms with Crippen LogP contribution in [0.25, 0.3) is 0 Å². The summed E-state index contributed by atoms with van der Waals surface area (Å²) >= 11 is 0. The van der Waals surface area contributed by atoms with E-state index in [-0.39, 0.29) is 17.9 Å². The Morgan fingerprint density at radius 1 is 1.26 bits per heavy atom. The molecule has 1 unspecified atom stereocenters. The molecule has 0 aliphatic rings. The predicted molar refractivity (Wildman–Crippen MR) is 72.5 cm³/mol. The Kier molecular flexibility index (Phi) is 7.63. The largest absolute Gasteiger partial charge is 0.479 e. The first-order valence-electron chi connectivity index (χ1n) is 6.56. The van der Waals surface area contributed by atoms with E-state index >= 15 is 0 Å². The second kappa shape index (κ2) is 8.12. The van der Waals surface area contributed by atoms with Gasteiger partial charge in [-0.25, -0.2) is 4.79 Å². The van der Waals surface area contributed by atoms with Gasteiger partial charge >= 0.3 is 5.97 Å². The van der Waals surface area contributed by atoms with Crippen molar-refractivity contribution in [2.75, 3.05) is 13.1 Å². The molecule has 0 saturated heterocycles. The fraction of sp³-hybridized carbons (Fsp3) is 0.846. The van der Waals surface area contributed by atoms with Gasteiger partial charge in [0.25, 0.3) is 0 Å². The van der Waals surface area contributed by atoms with Crippen molar-refractivity contribution in [3.8, 4) is 0 Å². The van der Waals surface area contributed by atoms with Crippen LogP contribution in [0, 0.1) is 11.3 Å². The van der Waals surface area contributed by atoms with Crippen molar-refractivity contribution in [1.29, 1.82) is 0 Å². The van der Waals surface area contributed by atoms with E-state index in [1.54, 1.807) is 0 Å². The molecular weight excluding hydrogens is 248 g/mol. The number of hydrogen-bond acceptors (Lipinski definition) is 4. The van der Waals surface area contributed by atoms with Gasteiger partial charge in [-0.2, -0.15) is 0 Å². The summed E-state index contributed by atoms with van der Waals surface area (Å²) in [4.78, 5) is 21.9. The van der Waals surface area contributed by atoms with E-state index in [4.69, 9.17) is 15.9 Å². The molecule has 1 amide bonds. The number of amides is 1. The third kappa shape index (κ3) is 7.79. The van der Waals surface area contributed by atoms with E-state index in [0.717, 1.165) is 6.42 Å². The van der Waals surface area contributed by atoms with E-state index in [1.165, 1.54) is 0 Å². The van der Waals surface area contributed by atoms with Gasteiger partial charge < -0.3 is 21.3 Å². The Hall–Kier alpha value is -1.14. The molecule has 19 heavy (non-hydrogen) atoms. The number of hydrogen-bond donors (Lipinski definition) is 4. The Morgan fingerprint density at radius 3 is 2.26 bits per heavy atom. The molecule has 0 radical (unpaired) electrons. The minimum atomic E-state index is -1.55. The van der Waals surface area contributed by atoms with Crippen LogP contribution in [0.5, 0.6) is 0 Å². The van der Waals surface area contributed by atoms with Crippen molar-refractivity contribution in [3.05, 3.63) is 0 Å². The zero-order valence-electron chi connectivity index (χ0n) is 12.0. The molecule has 0 rings (SSSR count). The van der Waals surface area contributed by atoms with Crippen LogP contribution in [0.2, 0.25) is 0 Å². The molecule has 0 aliphatic heterocycles. The second-order valence-electron chi connectivity index (χ2n) is 5.84. The van der Waals surface area contributed by atoms with Gasteiger partial charge in [-0.1, -0.05) is 20.8 Å². The molecule has 0 aromatic heterocycles. The first kappa shape index (κ1) is 17.9. The number of nitrogens with one attached hydrogen (secondary N) is 1. The summed E-state index contributed by atoms with van der Waals surface area (Å²) in [5, 5.41) is 19.9. The number of nitrogens with two attached hydrogens (primary N) is 1. The molecule has 0 aromatic carbocycles. The standard InChI is InChI=1S/C13H26N2O4/c1-13(2,3)9(6-7-14)4-5-11(17)15-8-10(16)12(18)19/h9-10,16H,4-8,14H2,1-3H3,(H,15,17)(H,18,19)/t9?,10-/m0/s1. The molecule has 6 heteroatoms. The molecule has 0 aliphatic carbocycles. The molecule has 2 atom stereocenters. The maximum atomic E-state index is 11.6. The van der Waals surface area contributed by atoms with Gasteiger partial charge in [-0.15, -0.1) is 0 Å². The van der Waals surface area contributed by atoms with Crippen molar-refractivity contribution in [1.82, 2.24) is 5.32 Å². The Balaban J connectivity index is 4.09. The van der Waals surface area contributed by atoms with Crippen LogP contribution in [0.3, 0.4) is 0 Å². The van der Waals surface area contributed by atoms with Crippen molar-refractivity contribution in [2.24, 2.45) is 17.1 Å². The lowest BCUT2D eigenvalue weighted by Crippen LogP contribution is -2.37. The van der Waals surface area contributed by atoms with Gasteiger partial charge in [0, 0.05) is 6.42 Å². The smallest absolute Gasteiger partial charge is 0.334 e. The summed E-state index contributed by atoms with van der Waals surface area (Å²) in [6.45, 7) is 6.66. The summed E-state index contributed by atoms with van der Waals surface area (Å²) in [6.07, 6.45) is 0.324.